The Kier molecular flexibility index (Phi) is 7.67. The first kappa shape index (κ1) is 23.2. The van der Waals surface area contributed by atoms with Crippen LogP contribution in [-0.4, -0.2) is 45.4 Å². The molecular weight excluding hydrogens is 417 g/mol. The number of carbonyl (C=O) groups is 1. The Morgan fingerprint density at radius 2 is 1.81 bits per heavy atom. The van der Waals surface area contributed by atoms with Crippen LogP contribution in [0.3, 0.4) is 0 Å². The highest BCUT2D eigenvalue weighted by Gasteiger charge is 2.17. The predicted octanol–water partition coefficient (Wildman–Crippen LogP) is 3.79. The largest absolute Gasteiger partial charge is 0.352 e. The molecule has 2 aromatic rings. The van der Waals surface area contributed by atoms with Gasteiger partial charge in [0.2, 0.25) is 0 Å². The summed E-state index contributed by atoms with van der Waals surface area (Å²) in [5.74, 6) is 0.166. The summed E-state index contributed by atoms with van der Waals surface area (Å²) in [6.07, 6.45) is 3.38. The third-order valence-corrected chi connectivity index (χ3v) is 7.03. The van der Waals surface area contributed by atoms with Crippen molar-refractivity contribution in [1.29, 1.82) is 0 Å². The number of piperidine rings is 1. The van der Waals surface area contributed by atoms with Crippen LogP contribution in [0.1, 0.15) is 42.1 Å². The number of carbonyl (C=O) groups excluding carboxylic acids is 1. The van der Waals surface area contributed by atoms with Crippen molar-refractivity contribution in [3.63, 3.8) is 0 Å². The molecule has 1 aliphatic rings. The Hall–Kier alpha value is -2.45. The maximum atomic E-state index is 13.4. The zero-order valence-corrected chi connectivity index (χ0v) is 18.8. The third kappa shape index (κ3) is 6.51. The number of nitrogens with one attached hydrogen (secondary N) is 2. The third-order valence-electron chi connectivity index (χ3n) is 5.65. The van der Waals surface area contributed by atoms with Gasteiger partial charge in [0.1, 0.15) is 5.82 Å². The highest BCUT2D eigenvalue weighted by Crippen LogP contribution is 2.19. The molecule has 6 nitrogen and oxygen atoms in total. The molecule has 2 N–H and O–H groups in total. The zero-order valence-electron chi connectivity index (χ0n) is 18.0. The number of amides is 1. The Bertz CT molecular complexity index is 1000. The summed E-state index contributed by atoms with van der Waals surface area (Å²) in [4.78, 5) is 14.8. The first-order chi connectivity index (χ1) is 14.7. The fourth-order valence-electron chi connectivity index (χ4n) is 3.58. The van der Waals surface area contributed by atoms with E-state index in [0.717, 1.165) is 38.0 Å². The summed E-state index contributed by atoms with van der Waals surface area (Å²) in [5.41, 5.74) is 1.05. The van der Waals surface area contributed by atoms with Crippen molar-refractivity contribution in [1.82, 2.24) is 10.2 Å². The number of benzene rings is 2. The molecule has 0 spiro atoms. The second-order valence-corrected chi connectivity index (χ2v) is 9.91. The van der Waals surface area contributed by atoms with Crippen molar-refractivity contribution in [3.05, 3.63) is 59.4 Å². The summed E-state index contributed by atoms with van der Waals surface area (Å²) in [5, 5.41) is 2.91. The van der Waals surface area contributed by atoms with Crippen molar-refractivity contribution >= 4 is 21.6 Å². The van der Waals surface area contributed by atoms with Gasteiger partial charge in [-0.3, -0.25) is 9.52 Å². The van der Waals surface area contributed by atoms with Gasteiger partial charge in [-0.25, -0.2) is 12.8 Å². The van der Waals surface area contributed by atoms with E-state index in [2.05, 4.69) is 21.9 Å². The monoisotopic (exact) mass is 447 g/mol. The first-order valence-corrected chi connectivity index (χ1v) is 12.1. The molecule has 1 heterocycles. The van der Waals surface area contributed by atoms with Gasteiger partial charge in [0, 0.05) is 17.8 Å². The molecule has 3 rings (SSSR count). The molecule has 8 heteroatoms. The van der Waals surface area contributed by atoms with Crippen LogP contribution in [0.25, 0.3) is 0 Å². The quantitative estimate of drug-likeness (QED) is 0.604. The minimum Gasteiger partial charge on any atom is -0.352 e. The number of hydrogen-bond acceptors (Lipinski definition) is 4. The Balaban J connectivity index is 1.48. The molecule has 1 fully saturated rings. The van der Waals surface area contributed by atoms with Gasteiger partial charge < -0.3 is 10.2 Å². The molecule has 0 aliphatic carbocycles. The minimum absolute atomic E-state index is 0.0172. The zero-order chi connectivity index (χ0) is 22.4. The molecule has 31 heavy (non-hydrogen) atoms. The van der Waals surface area contributed by atoms with Crippen LogP contribution in [0.2, 0.25) is 0 Å². The van der Waals surface area contributed by atoms with Crippen molar-refractivity contribution in [2.75, 3.05) is 30.9 Å². The van der Waals surface area contributed by atoms with Crippen LogP contribution in [0, 0.1) is 18.7 Å². The molecule has 0 radical (unpaired) electrons. The maximum Gasteiger partial charge on any atom is 0.261 e. The number of hydrogen-bond donors (Lipinski definition) is 2. The fraction of sp³-hybridized carbons (Fsp3) is 0.435. The molecule has 0 unspecified atom stereocenters. The van der Waals surface area contributed by atoms with Gasteiger partial charge >= 0.3 is 0 Å². The van der Waals surface area contributed by atoms with Crippen LogP contribution in [0.15, 0.2) is 47.4 Å². The normalized spacial score (nSPS) is 15.6. The van der Waals surface area contributed by atoms with E-state index in [1.807, 2.05) is 0 Å². The van der Waals surface area contributed by atoms with Gasteiger partial charge in [-0.15, -0.1) is 0 Å². The summed E-state index contributed by atoms with van der Waals surface area (Å²) in [7, 11) is -3.84. The molecule has 1 amide bonds. The van der Waals surface area contributed by atoms with Crippen molar-refractivity contribution < 1.29 is 17.6 Å². The van der Waals surface area contributed by atoms with Crippen LogP contribution < -0.4 is 10.0 Å². The van der Waals surface area contributed by atoms with Crippen LogP contribution >= 0.6 is 0 Å². The standard InChI is InChI=1S/C23H30FN3O3S/c1-17-10-14-27(15-11-17)13-3-12-25-23(28)19-4-6-20(7-5-19)26-31(29,30)21-8-9-22(24)18(2)16-21/h4-9,16-17,26H,3,10-15H2,1-2H3,(H,25,28). The van der Waals surface area contributed by atoms with Gasteiger partial charge in [-0.2, -0.15) is 0 Å². The topological polar surface area (TPSA) is 78.5 Å². The lowest BCUT2D eigenvalue weighted by Crippen LogP contribution is -2.35. The predicted molar refractivity (Wildman–Crippen MR) is 120 cm³/mol. The van der Waals surface area contributed by atoms with Crippen molar-refractivity contribution in [2.24, 2.45) is 5.92 Å². The maximum absolute atomic E-state index is 13.4. The second kappa shape index (κ2) is 10.2. The average Bonchev–Trinajstić information content (AvgIpc) is 2.74. The molecule has 0 saturated carbocycles. The summed E-state index contributed by atoms with van der Waals surface area (Å²) < 4.78 is 40.8. The Morgan fingerprint density at radius 1 is 1.13 bits per heavy atom. The van der Waals surface area contributed by atoms with E-state index >= 15 is 0 Å². The smallest absolute Gasteiger partial charge is 0.261 e. The highest BCUT2D eigenvalue weighted by atomic mass is 32.2. The van der Waals surface area contributed by atoms with Gasteiger partial charge in [-0.1, -0.05) is 6.92 Å². The van der Waals surface area contributed by atoms with Crippen LogP contribution in [0.4, 0.5) is 10.1 Å². The van der Waals surface area contributed by atoms with Crippen LogP contribution in [0.5, 0.6) is 0 Å². The lowest BCUT2D eigenvalue weighted by Gasteiger charge is -2.30. The van der Waals surface area contributed by atoms with E-state index in [0.29, 0.717) is 17.8 Å². The lowest BCUT2D eigenvalue weighted by molar-refractivity contribution is 0.0950. The second-order valence-electron chi connectivity index (χ2n) is 8.23. The van der Waals surface area contributed by atoms with E-state index in [1.165, 1.54) is 44.0 Å². The molecule has 0 bridgehead atoms. The molecule has 0 aromatic heterocycles. The Morgan fingerprint density at radius 3 is 2.45 bits per heavy atom. The van der Waals surface area contributed by atoms with Crippen molar-refractivity contribution in [3.8, 4) is 0 Å². The molecule has 2 aromatic carbocycles. The van der Waals surface area contributed by atoms with Gasteiger partial charge in [0.25, 0.3) is 15.9 Å². The van der Waals surface area contributed by atoms with E-state index in [-0.39, 0.29) is 16.4 Å². The van der Waals surface area contributed by atoms with Crippen molar-refractivity contribution in [2.45, 2.75) is 38.0 Å². The first-order valence-electron chi connectivity index (χ1n) is 10.6. The highest BCUT2D eigenvalue weighted by molar-refractivity contribution is 7.92. The molecular formula is C23H30FN3O3S. The number of likely N-dealkylation sites (tertiary alicyclic amines) is 1. The molecule has 1 aliphatic heterocycles. The van der Waals surface area contributed by atoms with Gasteiger partial charge in [0.15, 0.2) is 0 Å². The van der Waals surface area contributed by atoms with Gasteiger partial charge in [0.05, 0.1) is 4.90 Å². The number of halogens is 1. The van der Waals surface area contributed by atoms with E-state index in [4.69, 9.17) is 0 Å². The SMILES string of the molecule is Cc1cc(S(=O)(=O)Nc2ccc(C(=O)NCCCN3CCC(C)CC3)cc2)ccc1F. The number of rotatable bonds is 8. The summed E-state index contributed by atoms with van der Waals surface area (Å²) in [6.45, 7) is 7.64. The summed E-state index contributed by atoms with van der Waals surface area (Å²) >= 11 is 0. The van der Waals surface area contributed by atoms with Gasteiger partial charge in [-0.05, 0) is 99.8 Å². The van der Waals surface area contributed by atoms with E-state index < -0.39 is 15.8 Å². The number of aryl methyl sites for hydroxylation is 1. The van der Waals surface area contributed by atoms with Crippen LogP contribution in [-0.2, 0) is 10.0 Å². The number of nitrogens with zero attached hydrogens (tertiary/aromatic N) is 1. The lowest BCUT2D eigenvalue weighted by atomic mass is 9.99. The fourth-order valence-corrected chi connectivity index (χ4v) is 4.72. The number of sulfonamides is 1. The number of anilines is 1. The minimum atomic E-state index is -3.84. The average molecular weight is 448 g/mol. The molecule has 0 atom stereocenters. The van der Waals surface area contributed by atoms with E-state index in [9.17, 15) is 17.6 Å². The van der Waals surface area contributed by atoms with E-state index in [1.54, 1.807) is 12.1 Å². The Labute approximate surface area is 183 Å². The molecule has 168 valence electrons. The summed E-state index contributed by atoms with van der Waals surface area (Å²) in [6, 6.07) is 9.86. The molecule has 1 saturated heterocycles.